The monoisotopic (exact) mass is 420 g/mol. The second kappa shape index (κ2) is 8.42. The van der Waals surface area contributed by atoms with Crippen LogP contribution in [0.25, 0.3) is 10.2 Å². The molecule has 0 unspecified atom stereocenters. The van der Waals surface area contributed by atoms with Gasteiger partial charge in [-0.15, -0.1) is 0 Å². The lowest BCUT2D eigenvalue weighted by Gasteiger charge is -2.07. The molecule has 7 heteroatoms. The summed E-state index contributed by atoms with van der Waals surface area (Å²) in [5.41, 5.74) is 1.36. The zero-order valence-corrected chi connectivity index (χ0v) is 17.6. The fourth-order valence-electron chi connectivity index (χ4n) is 3.03. The van der Waals surface area contributed by atoms with Crippen LogP contribution in [0.5, 0.6) is 23.0 Å². The predicted molar refractivity (Wildman–Crippen MR) is 117 cm³/mol. The van der Waals surface area contributed by atoms with E-state index in [1.807, 2.05) is 60.1 Å². The lowest BCUT2D eigenvalue weighted by atomic mass is 10.2. The molecule has 0 bridgehead atoms. The van der Waals surface area contributed by atoms with Gasteiger partial charge in [-0.2, -0.15) is 4.99 Å². The van der Waals surface area contributed by atoms with Crippen molar-refractivity contribution >= 4 is 27.5 Å². The first kappa shape index (κ1) is 19.7. The number of fused-ring (bicyclic) bond motifs is 1. The normalized spacial score (nSPS) is 11.5. The third kappa shape index (κ3) is 3.92. The number of carbonyl (C=O) groups excluding carboxylic acids is 1. The summed E-state index contributed by atoms with van der Waals surface area (Å²) in [6.07, 6.45) is 0. The first-order valence-corrected chi connectivity index (χ1v) is 10.0. The maximum Gasteiger partial charge on any atom is 0.279 e. The summed E-state index contributed by atoms with van der Waals surface area (Å²) in [6.45, 7) is 0. The highest BCUT2D eigenvalue weighted by Crippen LogP contribution is 2.33. The van der Waals surface area contributed by atoms with E-state index >= 15 is 0 Å². The van der Waals surface area contributed by atoms with E-state index in [4.69, 9.17) is 14.2 Å². The van der Waals surface area contributed by atoms with Crippen LogP contribution < -0.4 is 19.0 Å². The van der Waals surface area contributed by atoms with Crippen LogP contribution in [0.1, 0.15) is 10.4 Å². The van der Waals surface area contributed by atoms with Crippen LogP contribution in [0.3, 0.4) is 0 Å². The molecule has 0 aliphatic heterocycles. The molecule has 152 valence electrons. The smallest absolute Gasteiger partial charge is 0.279 e. The third-order valence-electron chi connectivity index (χ3n) is 4.57. The standard InChI is InChI=1S/C23H20N2O4S/c1-25-18-13-19(27-2)20(28-3)14-21(18)30-23(25)24-22(26)15-8-7-11-17(12-15)29-16-9-5-4-6-10-16/h4-14H,1-3H3. The van der Waals surface area contributed by atoms with Gasteiger partial charge in [0.15, 0.2) is 16.3 Å². The SMILES string of the molecule is COc1cc2sc(=NC(=O)c3cccc(Oc4ccccc4)c3)n(C)c2cc1OC. The maximum absolute atomic E-state index is 12.8. The van der Waals surface area contributed by atoms with Gasteiger partial charge < -0.3 is 18.8 Å². The van der Waals surface area contributed by atoms with Gasteiger partial charge in [0.25, 0.3) is 5.91 Å². The van der Waals surface area contributed by atoms with Crippen LogP contribution in [0.15, 0.2) is 71.7 Å². The van der Waals surface area contributed by atoms with Gasteiger partial charge in [-0.05, 0) is 30.3 Å². The summed E-state index contributed by atoms with van der Waals surface area (Å²) < 4.78 is 19.4. The van der Waals surface area contributed by atoms with Crippen molar-refractivity contribution in [1.82, 2.24) is 4.57 Å². The number of para-hydroxylation sites is 1. The minimum Gasteiger partial charge on any atom is -0.493 e. The highest BCUT2D eigenvalue weighted by molar-refractivity contribution is 7.16. The molecule has 0 spiro atoms. The van der Waals surface area contributed by atoms with Gasteiger partial charge in [0.05, 0.1) is 24.4 Å². The van der Waals surface area contributed by atoms with E-state index in [0.717, 1.165) is 10.2 Å². The molecule has 1 amide bonds. The molecule has 0 fully saturated rings. The Bertz CT molecular complexity index is 1280. The van der Waals surface area contributed by atoms with Gasteiger partial charge in [0.1, 0.15) is 11.5 Å². The molecule has 6 nitrogen and oxygen atoms in total. The third-order valence-corrected chi connectivity index (χ3v) is 5.67. The number of carbonyl (C=O) groups is 1. The molecule has 1 aromatic heterocycles. The number of aromatic nitrogens is 1. The molecule has 3 aromatic carbocycles. The van der Waals surface area contributed by atoms with Crippen molar-refractivity contribution in [3.05, 3.63) is 77.1 Å². The van der Waals surface area contributed by atoms with E-state index < -0.39 is 0 Å². The second-order valence-corrected chi connectivity index (χ2v) is 7.49. The number of methoxy groups -OCH3 is 2. The predicted octanol–water partition coefficient (Wildman–Crippen LogP) is 4.79. The second-order valence-electron chi connectivity index (χ2n) is 6.48. The first-order valence-electron chi connectivity index (χ1n) is 9.22. The molecule has 1 heterocycles. The summed E-state index contributed by atoms with van der Waals surface area (Å²) in [5, 5.41) is 0. The van der Waals surface area contributed by atoms with Crippen molar-refractivity contribution in [2.75, 3.05) is 14.2 Å². The fourth-order valence-corrected chi connectivity index (χ4v) is 4.06. The Balaban J connectivity index is 1.68. The Kier molecular flexibility index (Phi) is 5.54. The number of aryl methyl sites for hydroxylation is 1. The van der Waals surface area contributed by atoms with Gasteiger partial charge >= 0.3 is 0 Å². The van der Waals surface area contributed by atoms with E-state index in [0.29, 0.717) is 33.4 Å². The van der Waals surface area contributed by atoms with Gasteiger partial charge in [0.2, 0.25) is 0 Å². The molecule has 0 radical (unpaired) electrons. The summed E-state index contributed by atoms with van der Waals surface area (Å²) in [4.78, 5) is 17.7. The molecule has 4 rings (SSSR count). The number of rotatable bonds is 5. The number of thiazole rings is 1. The number of benzene rings is 3. The van der Waals surface area contributed by atoms with Crippen LogP contribution >= 0.6 is 11.3 Å². The fraction of sp³-hybridized carbons (Fsp3) is 0.130. The Hall–Kier alpha value is -3.58. The quantitative estimate of drug-likeness (QED) is 0.466. The molecule has 0 aliphatic carbocycles. The van der Waals surface area contributed by atoms with Crippen LogP contribution in [0.4, 0.5) is 0 Å². The summed E-state index contributed by atoms with van der Waals surface area (Å²) in [7, 11) is 5.05. The maximum atomic E-state index is 12.8. The summed E-state index contributed by atoms with van der Waals surface area (Å²) in [6, 6.07) is 20.2. The molecule has 0 saturated heterocycles. The zero-order valence-electron chi connectivity index (χ0n) is 16.8. The van der Waals surface area contributed by atoms with E-state index in [1.54, 1.807) is 32.4 Å². The average molecular weight is 420 g/mol. The van der Waals surface area contributed by atoms with Crippen molar-refractivity contribution in [3.63, 3.8) is 0 Å². The van der Waals surface area contributed by atoms with Crippen LogP contribution in [-0.4, -0.2) is 24.7 Å². The van der Waals surface area contributed by atoms with Crippen molar-refractivity contribution in [1.29, 1.82) is 0 Å². The van der Waals surface area contributed by atoms with Crippen molar-refractivity contribution in [3.8, 4) is 23.0 Å². The van der Waals surface area contributed by atoms with E-state index in [2.05, 4.69) is 4.99 Å². The molecule has 4 aromatic rings. The zero-order chi connectivity index (χ0) is 21.1. The number of hydrogen-bond acceptors (Lipinski definition) is 5. The Morgan fingerprint density at radius 3 is 2.33 bits per heavy atom. The molecular formula is C23H20N2O4S. The van der Waals surface area contributed by atoms with Crippen LogP contribution in [0, 0.1) is 0 Å². The summed E-state index contributed by atoms with van der Waals surface area (Å²) in [5.74, 6) is 2.21. The van der Waals surface area contributed by atoms with Crippen molar-refractivity contribution in [2.24, 2.45) is 12.0 Å². The molecule has 0 saturated carbocycles. The van der Waals surface area contributed by atoms with Gasteiger partial charge in [-0.1, -0.05) is 35.6 Å². The molecule has 0 N–H and O–H groups in total. The van der Waals surface area contributed by atoms with Crippen molar-refractivity contribution in [2.45, 2.75) is 0 Å². The molecule has 30 heavy (non-hydrogen) atoms. The van der Waals surface area contributed by atoms with E-state index in [9.17, 15) is 4.79 Å². The van der Waals surface area contributed by atoms with Gasteiger partial charge in [0, 0.05) is 24.7 Å². The number of amides is 1. The number of hydrogen-bond donors (Lipinski definition) is 0. The lowest BCUT2D eigenvalue weighted by molar-refractivity contribution is 0.0997. The number of nitrogens with zero attached hydrogens (tertiary/aromatic N) is 2. The van der Waals surface area contributed by atoms with Crippen molar-refractivity contribution < 1.29 is 19.0 Å². The topological polar surface area (TPSA) is 62.0 Å². The molecular weight excluding hydrogens is 400 g/mol. The first-order chi connectivity index (χ1) is 14.6. The van der Waals surface area contributed by atoms with Crippen LogP contribution in [-0.2, 0) is 7.05 Å². The minimum absolute atomic E-state index is 0.338. The Morgan fingerprint density at radius 2 is 1.60 bits per heavy atom. The minimum atomic E-state index is -0.338. The highest BCUT2D eigenvalue weighted by atomic mass is 32.1. The Labute approximate surface area is 177 Å². The molecule has 0 aliphatic rings. The van der Waals surface area contributed by atoms with E-state index in [1.165, 1.54) is 11.3 Å². The Morgan fingerprint density at radius 1 is 0.900 bits per heavy atom. The average Bonchev–Trinajstić information content (AvgIpc) is 3.07. The summed E-state index contributed by atoms with van der Waals surface area (Å²) >= 11 is 1.41. The lowest BCUT2D eigenvalue weighted by Crippen LogP contribution is -2.13. The van der Waals surface area contributed by atoms with Crippen LogP contribution in [0.2, 0.25) is 0 Å². The number of ether oxygens (including phenoxy) is 3. The molecule has 0 atom stereocenters. The largest absolute Gasteiger partial charge is 0.493 e. The van der Waals surface area contributed by atoms with E-state index in [-0.39, 0.29) is 5.91 Å². The van der Waals surface area contributed by atoms with Gasteiger partial charge in [-0.25, -0.2) is 0 Å². The highest BCUT2D eigenvalue weighted by Gasteiger charge is 2.12. The van der Waals surface area contributed by atoms with Gasteiger partial charge in [-0.3, -0.25) is 4.79 Å².